The van der Waals surface area contributed by atoms with Crippen LogP contribution in [0.2, 0.25) is 0 Å². The van der Waals surface area contributed by atoms with E-state index in [0.29, 0.717) is 13.0 Å². The Morgan fingerprint density at radius 2 is 1.62 bits per heavy atom. The summed E-state index contributed by atoms with van der Waals surface area (Å²) in [5, 5.41) is 7.61. The zero-order valence-electron chi connectivity index (χ0n) is 14.0. The van der Waals surface area contributed by atoms with Crippen LogP contribution in [0.4, 0.5) is 0 Å². The number of carbonyl (C=O) groups is 1. The standard InChI is InChI=1S/C20H21N3O/c1-15-19(14-21-20(24)13-17-9-5-3-6-10-17)16(2)23(22-15)18-11-7-4-8-12-18/h3-12H,13-14H2,1-2H3,(H,21,24). The summed E-state index contributed by atoms with van der Waals surface area (Å²) in [4.78, 5) is 12.1. The Kier molecular flexibility index (Phi) is 4.75. The van der Waals surface area contributed by atoms with E-state index in [2.05, 4.69) is 10.4 Å². The molecule has 24 heavy (non-hydrogen) atoms. The molecule has 0 aliphatic carbocycles. The van der Waals surface area contributed by atoms with Crippen LogP contribution in [0.1, 0.15) is 22.5 Å². The number of nitrogens with zero attached hydrogens (tertiary/aromatic N) is 2. The van der Waals surface area contributed by atoms with E-state index >= 15 is 0 Å². The third-order valence-electron chi connectivity index (χ3n) is 4.11. The second kappa shape index (κ2) is 7.13. The van der Waals surface area contributed by atoms with E-state index in [0.717, 1.165) is 28.2 Å². The van der Waals surface area contributed by atoms with Crippen molar-refractivity contribution in [3.05, 3.63) is 83.2 Å². The third-order valence-corrected chi connectivity index (χ3v) is 4.11. The predicted octanol–water partition coefficient (Wildman–Crippen LogP) is 3.35. The van der Waals surface area contributed by atoms with E-state index in [-0.39, 0.29) is 5.91 Å². The van der Waals surface area contributed by atoms with E-state index in [1.54, 1.807) is 0 Å². The Hall–Kier alpha value is -2.88. The molecule has 0 radical (unpaired) electrons. The van der Waals surface area contributed by atoms with Gasteiger partial charge in [-0.05, 0) is 31.5 Å². The molecule has 0 spiro atoms. The highest BCUT2D eigenvalue weighted by Gasteiger charge is 2.13. The smallest absolute Gasteiger partial charge is 0.224 e. The maximum atomic E-state index is 12.1. The van der Waals surface area contributed by atoms with Crippen LogP contribution in [0, 0.1) is 13.8 Å². The lowest BCUT2D eigenvalue weighted by molar-refractivity contribution is -0.120. The predicted molar refractivity (Wildman–Crippen MR) is 95.0 cm³/mol. The molecule has 2 aromatic carbocycles. The van der Waals surface area contributed by atoms with Gasteiger partial charge < -0.3 is 5.32 Å². The number of para-hydroxylation sites is 1. The van der Waals surface area contributed by atoms with Gasteiger partial charge >= 0.3 is 0 Å². The Bertz CT molecular complexity index is 823. The van der Waals surface area contributed by atoms with Crippen LogP contribution in [-0.4, -0.2) is 15.7 Å². The molecule has 4 nitrogen and oxygen atoms in total. The van der Waals surface area contributed by atoms with E-state index < -0.39 is 0 Å². The molecule has 1 amide bonds. The van der Waals surface area contributed by atoms with Crippen molar-refractivity contribution < 1.29 is 4.79 Å². The molecule has 0 aliphatic rings. The first kappa shape index (κ1) is 16.0. The maximum Gasteiger partial charge on any atom is 0.224 e. The molecule has 0 fully saturated rings. The summed E-state index contributed by atoms with van der Waals surface area (Å²) in [6.07, 6.45) is 0.395. The van der Waals surface area contributed by atoms with Gasteiger partial charge in [-0.2, -0.15) is 5.10 Å². The minimum absolute atomic E-state index is 0.0208. The summed E-state index contributed by atoms with van der Waals surface area (Å²) in [7, 11) is 0. The van der Waals surface area contributed by atoms with Gasteiger partial charge in [-0.1, -0.05) is 48.5 Å². The minimum Gasteiger partial charge on any atom is -0.352 e. The second-order valence-corrected chi connectivity index (χ2v) is 5.84. The first-order valence-corrected chi connectivity index (χ1v) is 8.06. The monoisotopic (exact) mass is 319 g/mol. The number of hydrogen-bond donors (Lipinski definition) is 1. The fourth-order valence-electron chi connectivity index (χ4n) is 2.78. The average Bonchev–Trinajstić information content (AvgIpc) is 2.89. The Morgan fingerprint density at radius 1 is 1.00 bits per heavy atom. The zero-order valence-corrected chi connectivity index (χ0v) is 14.0. The van der Waals surface area contributed by atoms with E-state index in [1.165, 1.54) is 0 Å². The molecular formula is C20H21N3O. The number of aromatic nitrogens is 2. The van der Waals surface area contributed by atoms with Gasteiger partial charge in [0, 0.05) is 17.8 Å². The summed E-state index contributed by atoms with van der Waals surface area (Å²) in [5.74, 6) is 0.0208. The molecule has 3 aromatic rings. The van der Waals surface area contributed by atoms with Gasteiger partial charge in [-0.25, -0.2) is 4.68 Å². The van der Waals surface area contributed by atoms with Crippen molar-refractivity contribution in [3.8, 4) is 5.69 Å². The van der Waals surface area contributed by atoms with Crippen molar-refractivity contribution >= 4 is 5.91 Å². The molecule has 0 saturated heterocycles. The van der Waals surface area contributed by atoms with Crippen molar-refractivity contribution in [3.63, 3.8) is 0 Å². The van der Waals surface area contributed by atoms with Crippen LogP contribution in [-0.2, 0) is 17.8 Å². The SMILES string of the molecule is Cc1nn(-c2ccccc2)c(C)c1CNC(=O)Cc1ccccc1. The lowest BCUT2D eigenvalue weighted by Gasteiger charge is -2.07. The number of benzene rings is 2. The molecule has 0 unspecified atom stereocenters. The largest absolute Gasteiger partial charge is 0.352 e. The maximum absolute atomic E-state index is 12.1. The van der Waals surface area contributed by atoms with Gasteiger partial charge in [0.15, 0.2) is 0 Å². The number of amides is 1. The van der Waals surface area contributed by atoms with Crippen LogP contribution in [0.15, 0.2) is 60.7 Å². The topological polar surface area (TPSA) is 46.9 Å². The fraction of sp³-hybridized carbons (Fsp3) is 0.200. The highest BCUT2D eigenvalue weighted by Crippen LogP contribution is 2.17. The summed E-state index contributed by atoms with van der Waals surface area (Å²) in [5.41, 5.74) is 5.11. The first-order chi connectivity index (χ1) is 11.6. The molecule has 1 N–H and O–H groups in total. The minimum atomic E-state index is 0.0208. The third kappa shape index (κ3) is 3.54. The molecule has 0 saturated carbocycles. The molecule has 1 aromatic heterocycles. The molecule has 122 valence electrons. The van der Waals surface area contributed by atoms with Gasteiger partial charge in [0.2, 0.25) is 5.91 Å². The van der Waals surface area contributed by atoms with Crippen molar-refractivity contribution in [1.29, 1.82) is 0 Å². The molecule has 3 rings (SSSR count). The second-order valence-electron chi connectivity index (χ2n) is 5.84. The number of nitrogens with one attached hydrogen (secondary N) is 1. The van der Waals surface area contributed by atoms with E-state index in [1.807, 2.05) is 79.2 Å². The van der Waals surface area contributed by atoms with Crippen molar-refractivity contribution in [2.75, 3.05) is 0 Å². The van der Waals surface area contributed by atoms with Crippen LogP contribution in [0.5, 0.6) is 0 Å². The summed E-state index contributed by atoms with van der Waals surface area (Å²) in [6, 6.07) is 19.8. The van der Waals surface area contributed by atoms with Crippen molar-refractivity contribution in [2.45, 2.75) is 26.8 Å². The summed E-state index contributed by atoms with van der Waals surface area (Å²) >= 11 is 0. The van der Waals surface area contributed by atoms with Crippen LogP contribution in [0.3, 0.4) is 0 Å². The number of hydrogen-bond acceptors (Lipinski definition) is 2. The summed E-state index contributed by atoms with van der Waals surface area (Å²) in [6.45, 7) is 4.51. The summed E-state index contributed by atoms with van der Waals surface area (Å²) < 4.78 is 1.92. The Morgan fingerprint density at radius 3 is 2.29 bits per heavy atom. The molecule has 4 heteroatoms. The lowest BCUT2D eigenvalue weighted by atomic mass is 10.1. The Labute approximate surface area is 142 Å². The average molecular weight is 319 g/mol. The molecular weight excluding hydrogens is 298 g/mol. The first-order valence-electron chi connectivity index (χ1n) is 8.06. The number of rotatable bonds is 5. The quantitative estimate of drug-likeness (QED) is 0.784. The van der Waals surface area contributed by atoms with Crippen molar-refractivity contribution in [2.24, 2.45) is 0 Å². The van der Waals surface area contributed by atoms with Gasteiger partial charge in [0.25, 0.3) is 0 Å². The number of carbonyl (C=O) groups excluding carboxylic acids is 1. The van der Waals surface area contributed by atoms with Crippen molar-refractivity contribution in [1.82, 2.24) is 15.1 Å². The van der Waals surface area contributed by atoms with Crippen LogP contribution >= 0.6 is 0 Å². The Balaban J connectivity index is 1.70. The van der Waals surface area contributed by atoms with Gasteiger partial charge in [0.1, 0.15) is 0 Å². The van der Waals surface area contributed by atoms with Crippen LogP contribution in [0.25, 0.3) is 5.69 Å². The van der Waals surface area contributed by atoms with Gasteiger partial charge in [0.05, 0.1) is 17.8 Å². The molecule has 1 heterocycles. The highest BCUT2D eigenvalue weighted by molar-refractivity contribution is 5.78. The molecule has 0 bridgehead atoms. The van der Waals surface area contributed by atoms with E-state index in [4.69, 9.17) is 0 Å². The zero-order chi connectivity index (χ0) is 16.9. The molecule has 0 aliphatic heterocycles. The fourth-order valence-corrected chi connectivity index (χ4v) is 2.78. The number of aryl methyl sites for hydroxylation is 1. The van der Waals surface area contributed by atoms with E-state index in [9.17, 15) is 4.79 Å². The van der Waals surface area contributed by atoms with Gasteiger partial charge in [-0.3, -0.25) is 4.79 Å². The highest BCUT2D eigenvalue weighted by atomic mass is 16.1. The lowest BCUT2D eigenvalue weighted by Crippen LogP contribution is -2.25. The van der Waals surface area contributed by atoms with Gasteiger partial charge in [-0.15, -0.1) is 0 Å². The molecule has 0 atom stereocenters. The van der Waals surface area contributed by atoms with Crippen LogP contribution < -0.4 is 5.32 Å². The normalized spacial score (nSPS) is 10.6.